The predicted octanol–water partition coefficient (Wildman–Crippen LogP) is 4.89. The molecule has 0 bridgehead atoms. The van der Waals surface area contributed by atoms with Crippen LogP contribution in [0.3, 0.4) is 0 Å². The highest BCUT2D eigenvalue weighted by molar-refractivity contribution is 6.43. The van der Waals surface area contributed by atoms with Gasteiger partial charge in [-0.05, 0) is 23.7 Å². The standard InChI is InChI=1S/C10H6Cl3N3O.C6H3Cl2NO2/c1-16-7(17)4-6(15-10(16)13)5-2-3-14-9(12)8(5)11;7-4-3(6(10)11)1-2-9-5(4)8/h2-4H,1H3;1-2H,(H,10,11). The van der Waals surface area contributed by atoms with Gasteiger partial charge in [-0.25, -0.2) is 19.7 Å². The summed E-state index contributed by atoms with van der Waals surface area (Å²) in [4.78, 5) is 33.5. The lowest BCUT2D eigenvalue weighted by Crippen LogP contribution is -2.17. The molecule has 1 N–H and O–H groups in total. The zero-order valence-corrected chi connectivity index (χ0v) is 17.6. The first-order chi connectivity index (χ1) is 13.1. The van der Waals surface area contributed by atoms with E-state index in [1.165, 1.54) is 36.1 Å². The molecule has 0 amide bonds. The molecule has 28 heavy (non-hydrogen) atoms. The van der Waals surface area contributed by atoms with Gasteiger partial charge in [0.15, 0.2) is 0 Å². The van der Waals surface area contributed by atoms with Gasteiger partial charge in [-0.1, -0.05) is 46.4 Å². The fraction of sp³-hybridized carbons (Fsp3) is 0.0625. The number of carboxylic acid groups (broad SMARTS) is 1. The molecule has 3 rings (SSSR count). The fourth-order valence-electron chi connectivity index (χ4n) is 1.85. The molecule has 0 aliphatic carbocycles. The Balaban J connectivity index is 0.000000221. The van der Waals surface area contributed by atoms with Crippen molar-refractivity contribution in [2.75, 3.05) is 0 Å². The number of aromatic nitrogens is 4. The maximum atomic E-state index is 11.6. The average Bonchev–Trinajstić information content (AvgIpc) is 2.64. The first kappa shape index (κ1) is 22.4. The predicted molar refractivity (Wildman–Crippen MR) is 109 cm³/mol. The highest BCUT2D eigenvalue weighted by Gasteiger charge is 2.12. The summed E-state index contributed by atoms with van der Waals surface area (Å²) < 4.78 is 1.22. The quantitative estimate of drug-likeness (QED) is 0.413. The molecule has 7 nitrogen and oxygen atoms in total. The molecular weight excluding hydrogens is 473 g/mol. The van der Waals surface area contributed by atoms with Gasteiger partial charge in [0.1, 0.15) is 10.3 Å². The first-order valence-corrected chi connectivity index (χ1v) is 9.09. The van der Waals surface area contributed by atoms with Crippen LogP contribution >= 0.6 is 58.0 Å². The molecule has 0 spiro atoms. The summed E-state index contributed by atoms with van der Waals surface area (Å²) in [6.45, 7) is 0. The third-order valence-electron chi connectivity index (χ3n) is 3.28. The van der Waals surface area contributed by atoms with Crippen molar-refractivity contribution >= 4 is 64.0 Å². The molecular formula is C16H9Cl5N4O3. The van der Waals surface area contributed by atoms with Crippen LogP contribution in [0.15, 0.2) is 35.4 Å². The molecule has 0 unspecified atom stereocenters. The molecule has 3 aromatic heterocycles. The van der Waals surface area contributed by atoms with Crippen LogP contribution in [0.2, 0.25) is 25.6 Å². The molecule has 0 atom stereocenters. The molecule has 0 fully saturated rings. The molecule has 0 radical (unpaired) electrons. The number of halogens is 5. The third kappa shape index (κ3) is 5.12. The summed E-state index contributed by atoms with van der Waals surface area (Å²) in [5.74, 6) is -1.11. The summed E-state index contributed by atoms with van der Waals surface area (Å²) in [6, 6.07) is 4.24. The van der Waals surface area contributed by atoms with Crippen LogP contribution in [0.5, 0.6) is 0 Å². The van der Waals surface area contributed by atoms with Crippen molar-refractivity contribution in [3.63, 3.8) is 0 Å². The molecule has 3 heterocycles. The van der Waals surface area contributed by atoms with E-state index in [-0.39, 0.29) is 36.8 Å². The van der Waals surface area contributed by atoms with E-state index in [9.17, 15) is 9.59 Å². The second kappa shape index (κ2) is 9.54. The second-order valence-corrected chi connectivity index (χ2v) is 6.85. The van der Waals surface area contributed by atoms with Gasteiger partial charge in [0, 0.05) is 31.1 Å². The van der Waals surface area contributed by atoms with Gasteiger partial charge < -0.3 is 5.11 Å². The molecule has 0 aliphatic rings. The van der Waals surface area contributed by atoms with Crippen LogP contribution in [0.25, 0.3) is 11.3 Å². The number of hydrogen-bond donors (Lipinski definition) is 1. The lowest BCUT2D eigenvalue weighted by Gasteiger charge is -2.06. The fourth-order valence-corrected chi connectivity index (χ4v) is 2.74. The number of nitrogens with zero attached hydrogens (tertiary/aromatic N) is 4. The summed E-state index contributed by atoms with van der Waals surface area (Å²) in [7, 11) is 1.53. The zero-order chi connectivity index (χ0) is 21.0. The molecule has 0 saturated heterocycles. The van der Waals surface area contributed by atoms with E-state index < -0.39 is 5.97 Å². The normalized spacial score (nSPS) is 10.2. The Morgan fingerprint density at radius 3 is 2.11 bits per heavy atom. The lowest BCUT2D eigenvalue weighted by atomic mass is 10.2. The Labute approximate surface area is 183 Å². The highest BCUT2D eigenvalue weighted by Crippen LogP contribution is 2.30. The number of pyridine rings is 2. The van der Waals surface area contributed by atoms with E-state index in [4.69, 9.17) is 63.1 Å². The minimum absolute atomic E-state index is 0.00608. The summed E-state index contributed by atoms with van der Waals surface area (Å²) in [5, 5.41) is 8.98. The Bertz CT molecular complexity index is 1100. The average molecular weight is 483 g/mol. The van der Waals surface area contributed by atoms with Crippen molar-refractivity contribution in [2.45, 2.75) is 0 Å². The van der Waals surface area contributed by atoms with E-state index in [1.54, 1.807) is 6.07 Å². The van der Waals surface area contributed by atoms with Crippen molar-refractivity contribution in [3.05, 3.63) is 72.1 Å². The largest absolute Gasteiger partial charge is 0.478 e. The van der Waals surface area contributed by atoms with Crippen molar-refractivity contribution in [2.24, 2.45) is 7.05 Å². The Morgan fingerprint density at radius 2 is 1.57 bits per heavy atom. The summed E-state index contributed by atoms with van der Waals surface area (Å²) in [5.41, 5.74) is 0.578. The molecule has 12 heteroatoms. The number of carbonyl (C=O) groups is 1. The van der Waals surface area contributed by atoms with Gasteiger partial charge in [-0.2, -0.15) is 0 Å². The van der Waals surface area contributed by atoms with E-state index in [0.717, 1.165) is 0 Å². The van der Waals surface area contributed by atoms with Crippen molar-refractivity contribution in [1.82, 2.24) is 19.5 Å². The number of carboxylic acids is 1. The Morgan fingerprint density at radius 1 is 1.00 bits per heavy atom. The number of hydrogen-bond acceptors (Lipinski definition) is 5. The summed E-state index contributed by atoms with van der Waals surface area (Å²) in [6.07, 6.45) is 2.77. The van der Waals surface area contributed by atoms with Crippen LogP contribution in [0.1, 0.15) is 10.4 Å². The molecule has 0 saturated carbocycles. The maximum Gasteiger partial charge on any atom is 0.337 e. The van der Waals surface area contributed by atoms with Crippen molar-refractivity contribution in [1.29, 1.82) is 0 Å². The highest BCUT2D eigenvalue weighted by atomic mass is 35.5. The van der Waals surface area contributed by atoms with Crippen molar-refractivity contribution < 1.29 is 9.90 Å². The van der Waals surface area contributed by atoms with E-state index in [0.29, 0.717) is 11.3 Å². The smallest absolute Gasteiger partial charge is 0.337 e. The molecule has 3 aromatic rings. The van der Waals surface area contributed by atoms with Gasteiger partial charge in [0.2, 0.25) is 5.28 Å². The van der Waals surface area contributed by atoms with Crippen LogP contribution in [0.4, 0.5) is 0 Å². The van der Waals surface area contributed by atoms with Gasteiger partial charge in [-0.15, -0.1) is 0 Å². The topological polar surface area (TPSA) is 98.0 Å². The van der Waals surface area contributed by atoms with Crippen LogP contribution in [0, 0.1) is 0 Å². The van der Waals surface area contributed by atoms with E-state index >= 15 is 0 Å². The van der Waals surface area contributed by atoms with Gasteiger partial charge in [0.25, 0.3) is 5.56 Å². The van der Waals surface area contributed by atoms with E-state index in [2.05, 4.69) is 15.0 Å². The van der Waals surface area contributed by atoms with Gasteiger partial charge in [-0.3, -0.25) is 9.36 Å². The number of aromatic carboxylic acids is 1. The van der Waals surface area contributed by atoms with Crippen LogP contribution in [-0.2, 0) is 7.05 Å². The van der Waals surface area contributed by atoms with Gasteiger partial charge in [0.05, 0.1) is 21.3 Å². The van der Waals surface area contributed by atoms with Crippen LogP contribution in [-0.4, -0.2) is 30.6 Å². The van der Waals surface area contributed by atoms with Gasteiger partial charge >= 0.3 is 5.97 Å². The van der Waals surface area contributed by atoms with Crippen molar-refractivity contribution in [3.8, 4) is 11.3 Å². The van der Waals surface area contributed by atoms with E-state index in [1.807, 2.05) is 0 Å². The summed E-state index contributed by atoms with van der Waals surface area (Å²) >= 11 is 28.6. The monoisotopic (exact) mass is 480 g/mol. The second-order valence-electron chi connectivity index (χ2n) is 5.04. The molecule has 0 aliphatic heterocycles. The zero-order valence-electron chi connectivity index (χ0n) is 13.8. The minimum Gasteiger partial charge on any atom is -0.478 e. The third-order valence-corrected chi connectivity index (χ3v) is 5.15. The molecule has 0 aromatic carbocycles. The minimum atomic E-state index is -1.11. The SMILES string of the molecule is Cn1c(Cl)nc(-c2ccnc(Cl)c2Cl)cc1=O.O=C(O)c1ccnc(Cl)c1Cl. The molecule has 146 valence electrons. The Kier molecular flexibility index (Phi) is 7.63. The number of rotatable bonds is 2. The maximum absolute atomic E-state index is 11.6. The lowest BCUT2D eigenvalue weighted by molar-refractivity contribution is 0.0697. The van der Waals surface area contributed by atoms with Crippen LogP contribution < -0.4 is 5.56 Å². The Hall–Kier alpha value is -1.90. The first-order valence-electron chi connectivity index (χ1n) is 7.20.